The van der Waals surface area contributed by atoms with Crippen LogP contribution in [0.3, 0.4) is 0 Å². The molecular weight excluding hydrogens is 428 g/mol. The molecule has 0 spiro atoms. The first-order valence-corrected chi connectivity index (χ1v) is 8.39. The Morgan fingerprint density at radius 2 is 2.00 bits per heavy atom. The molecule has 7 nitrogen and oxygen atoms in total. The van der Waals surface area contributed by atoms with Crippen molar-refractivity contribution in [1.29, 1.82) is 0 Å². The molecule has 0 bridgehead atoms. The van der Waals surface area contributed by atoms with Crippen LogP contribution in [0.2, 0.25) is 5.02 Å². The molecule has 0 unspecified atom stereocenters. The molecule has 0 saturated carbocycles. The second-order valence-corrected chi connectivity index (χ2v) is 6.24. The lowest BCUT2D eigenvalue weighted by Gasteiger charge is -2.07. The van der Waals surface area contributed by atoms with Crippen LogP contribution in [0.4, 0.5) is 0 Å². The number of carbonyl (C=O) groups is 2. The highest BCUT2D eigenvalue weighted by Gasteiger charge is 2.12. The molecule has 0 aromatic heterocycles. The van der Waals surface area contributed by atoms with E-state index in [1.54, 1.807) is 24.3 Å². The molecule has 9 heteroatoms. The third-order valence-corrected chi connectivity index (χ3v) is 3.88. The molecule has 0 aliphatic carbocycles. The van der Waals surface area contributed by atoms with Crippen molar-refractivity contribution in [3.05, 3.63) is 57.0 Å². The number of hydrogen-bond donors (Lipinski definition) is 2. The molecule has 0 atom stereocenters. The zero-order chi connectivity index (χ0) is 19.1. The van der Waals surface area contributed by atoms with Crippen LogP contribution in [-0.2, 0) is 4.79 Å². The summed E-state index contributed by atoms with van der Waals surface area (Å²) in [6, 6.07) is 9.72. The van der Waals surface area contributed by atoms with Crippen LogP contribution >= 0.6 is 27.5 Å². The molecule has 0 fully saturated rings. The number of carboxylic acid groups (broad SMARTS) is 1. The third-order valence-electron chi connectivity index (χ3n) is 3.09. The van der Waals surface area contributed by atoms with E-state index in [0.717, 1.165) is 4.47 Å². The Kier molecular flexibility index (Phi) is 6.99. The van der Waals surface area contributed by atoms with E-state index in [9.17, 15) is 9.59 Å². The van der Waals surface area contributed by atoms with E-state index < -0.39 is 18.5 Å². The molecular formula is C17H14BrClN2O5. The van der Waals surface area contributed by atoms with Gasteiger partial charge in [0.25, 0.3) is 5.91 Å². The number of methoxy groups -OCH3 is 1. The smallest absolute Gasteiger partial charge is 0.341 e. The number of carbonyl (C=O) groups excluding carboxylic acids is 1. The maximum absolute atomic E-state index is 12.2. The molecule has 1 amide bonds. The summed E-state index contributed by atoms with van der Waals surface area (Å²) >= 11 is 9.32. The van der Waals surface area contributed by atoms with E-state index in [2.05, 4.69) is 26.5 Å². The van der Waals surface area contributed by atoms with Crippen molar-refractivity contribution in [3.63, 3.8) is 0 Å². The number of amides is 1. The lowest BCUT2D eigenvalue weighted by molar-refractivity contribution is -0.139. The summed E-state index contributed by atoms with van der Waals surface area (Å²) < 4.78 is 10.9. The molecule has 2 aromatic carbocycles. The Morgan fingerprint density at radius 3 is 2.65 bits per heavy atom. The maximum Gasteiger partial charge on any atom is 0.341 e. The van der Waals surface area contributed by atoms with E-state index in [1.165, 1.54) is 25.5 Å². The van der Waals surface area contributed by atoms with Gasteiger partial charge in [-0.05, 0) is 42.0 Å². The topological polar surface area (TPSA) is 97.2 Å². The fraction of sp³-hybridized carbons (Fsp3) is 0.118. The minimum Gasteiger partial charge on any atom is -0.496 e. The zero-order valence-corrected chi connectivity index (χ0v) is 15.9. The number of aliphatic carboxylic acids is 1. The normalized spacial score (nSPS) is 10.6. The lowest BCUT2D eigenvalue weighted by Crippen LogP contribution is -2.18. The fourth-order valence-electron chi connectivity index (χ4n) is 1.94. The lowest BCUT2D eigenvalue weighted by atomic mass is 10.2. The van der Waals surface area contributed by atoms with Crippen molar-refractivity contribution in [3.8, 4) is 11.5 Å². The highest BCUT2D eigenvalue weighted by Crippen LogP contribution is 2.25. The first kappa shape index (κ1) is 19.7. The summed E-state index contributed by atoms with van der Waals surface area (Å²) in [5.74, 6) is -0.873. The van der Waals surface area contributed by atoms with Gasteiger partial charge in [-0.15, -0.1) is 0 Å². The van der Waals surface area contributed by atoms with Crippen LogP contribution in [0.1, 0.15) is 15.9 Å². The first-order chi connectivity index (χ1) is 12.4. The summed E-state index contributed by atoms with van der Waals surface area (Å²) in [6.45, 7) is -0.488. The van der Waals surface area contributed by atoms with Gasteiger partial charge in [-0.1, -0.05) is 27.5 Å². The number of hydrazone groups is 1. The molecule has 2 N–H and O–H groups in total. The van der Waals surface area contributed by atoms with Gasteiger partial charge in [-0.2, -0.15) is 5.10 Å². The number of benzene rings is 2. The largest absolute Gasteiger partial charge is 0.496 e. The number of halogens is 2. The third kappa shape index (κ3) is 5.47. The van der Waals surface area contributed by atoms with E-state index in [-0.39, 0.29) is 10.8 Å². The van der Waals surface area contributed by atoms with Gasteiger partial charge in [0.2, 0.25) is 0 Å². The fourth-order valence-corrected chi connectivity index (χ4v) is 2.54. The van der Waals surface area contributed by atoms with Crippen LogP contribution in [0.15, 0.2) is 46.0 Å². The Bertz CT molecular complexity index is 857. The van der Waals surface area contributed by atoms with Crippen molar-refractivity contribution in [2.45, 2.75) is 0 Å². The van der Waals surface area contributed by atoms with Crippen molar-refractivity contribution < 1.29 is 24.2 Å². The summed E-state index contributed by atoms with van der Waals surface area (Å²) in [6.07, 6.45) is 1.40. The summed E-state index contributed by atoms with van der Waals surface area (Å²) in [5.41, 5.74) is 3.33. The minimum absolute atomic E-state index is 0.232. The number of ether oxygens (including phenoxy) is 2. The van der Waals surface area contributed by atoms with Gasteiger partial charge in [0, 0.05) is 4.47 Å². The van der Waals surface area contributed by atoms with E-state index in [1.807, 2.05) is 0 Å². The van der Waals surface area contributed by atoms with Crippen molar-refractivity contribution in [2.24, 2.45) is 5.10 Å². The molecule has 136 valence electrons. The number of nitrogens with one attached hydrogen (secondary N) is 1. The van der Waals surface area contributed by atoms with Gasteiger partial charge in [-0.25, -0.2) is 10.2 Å². The van der Waals surface area contributed by atoms with Crippen LogP contribution < -0.4 is 14.9 Å². The SMILES string of the molecule is COc1ccc(Br)cc1C(=O)N/N=C\c1ccc(OCC(=O)O)c(Cl)c1. The highest BCUT2D eigenvalue weighted by atomic mass is 79.9. The molecule has 0 aliphatic heterocycles. The number of rotatable bonds is 7. The molecule has 0 radical (unpaired) electrons. The van der Waals surface area contributed by atoms with Gasteiger partial charge >= 0.3 is 5.97 Å². The molecule has 2 rings (SSSR count). The molecule has 0 aliphatic rings. The van der Waals surface area contributed by atoms with Crippen LogP contribution in [0.25, 0.3) is 0 Å². The number of nitrogens with zero attached hydrogens (tertiary/aromatic N) is 1. The standard InChI is InChI=1S/C17H14BrClN2O5/c1-25-14-5-3-11(18)7-12(14)17(24)21-20-8-10-2-4-15(13(19)6-10)26-9-16(22)23/h2-8H,9H2,1H3,(H,21,24)(H,22,23)/b20-8-. The second-order valence-electron chi connectivity index (χ2n) is 4.92. The second kappa shape index (κ2) is 9.21. The Hall–Kier alpha value is -2.58. The van der Waals surface area contributed by atoms with Gasteiger partial charge in [0.1, 0.15) is 11.5 Å². The first-order valence-electron chi connectivity index (χ1n) is 7.22. The van der Waals surface area contributed by atoms with Gasteiger partial charge in [-0.3, -0.25) is 4.79 Å². The molecule has 2 aromatic rings. The molecule has 0 saturated heterocycles. The van der Waals surface area contributed by atoms with Gasteiger partial charge in [0.05, 0.1) is 23.9 Å². The predicted octanol–water partition coefficient (Wildman–Crippen LogP) is 3.34. The van der Waals surface area contributed by atoms with Gasteiger partial charge < -0.3 is 14.6 Å². The average molecular weight is 442 g/mol. The van der Waals surface area contributed by atoms with Crippen molar-refractivity contribution in [1.82, 2.24) is 5.43 Å². The number of hydrogen-bond acceptors (Lipinski definition) is 5. The zero-order valence-electron chi connectivity index (χ0n) is 13.5. The summed E-state index contributed by atoms with van der Waals surface area (Å²) in [5, 5.41) is 12.7. The number of carboxylic acids is 1. The Labute approximate surface area is 162 Å². The van der Waals surface area contributed by atoms with Crippen molar-refractivity contribution >= 4 is 45.6 Å². The van der Waals surface area contributed by atoms with Gasteiger partial charge in [0.15, 0.2) is 6.61 Å². The van der Waals surface area contributed by atoms with Crippen LogP contribution in [0.5, 0.6) is 11.5 Å². The predicted molar refractivity (Wildman–Crippen MR) is 100 cm³/mol. The maximum atomic E-state index is 12.2. The molecule has 0 heterocycles. The summed E-state index contributed by atoms with van der Waals surface area (Å²) in [7, 11) is 1.47. The Morgan fingerprint density at radius 1 is 1.27 bits per heavy atom. The molecule has 26 heavy (non-hydrogen) atoms. The van der Waals surface area contributed by atoms with E-state index in [4.69, 9.17) is 26.2 Å². The monoisotopic (exact) mass is 440 g/mol. The van der Waals surface area contributed by atoms with E-state index >= 15 is 0 Å². The summed E-state index contributed by atoms with van der Waals surface area (Å²) in [4.78, 5) is 22.7. The Balaban J connectivity index is 2.04. The average Bonchev–Trinajstić information content (AvgIpc) is 2.60. The van der Waals surface area contributed by atoms with E-state index in [0.29, 0.717) is 16.9 Å². The quantitative estimate of drug-likeness (QED) is 0.507. The van der Waals surface area contributed by atoms with Crippen LogP contribution in [-0.4, -0.2) is 36.9 Å². The highest BCUT2D eigenvalue weighted by molar-refractivity contribution is 9.10. The van der Waals surface area contributed by atoms with Crippen molar-refractivity contribution in [2.75, 3.05) is 13.7 Å². The van der Waals surface area contributed by atoms with Crippen LogP contribution in [0, 0.1) is 0 Å². The minimum atomic E-state index is -1.10.